The first kappa shape index (κ1) is 19.7. The van der Waals surface area contributed by atoms with Gasteiger partial charge in [-0.05, 0) is 45.4 Å². The van der Waals surface area contributed by atoms with E-state index in [2.05, 4.69) is 20.4 Å². The molecule has 2 nitrogen and oxygen atoms in total. The molecule has 2 heteroatoms. The van der Waals surface area contributed by atoms with Gasteiger partial charge in [-0.1, -0.05) is 44.6 Å². The van der Waals surface area contributed by atoms with Crippen LogP contribution in [0.2, 0.25) is 0 Å². The van der Waals surface area contributed by atoms with E-state index in [0.717, 1.165) is 38.9 Å². The summed E-state index contributed by atoms with van der Waals surface area (Å²) >= 11 is 0. The minimum absolute atomic E-state index is 0.251. The zero-order valence-corrected chi connectivity index (χ0v) is 15.1. The Balaban J connectivity index is 2.19. The standard InChI is InChI=1S/C20H38O2/c1-4-5-6-12-17-21-20(15-10-8-11-16-20)22-18-13-7-9-14-19(2)3/h2,4-18H2,1,3H3. The van der Waals surface area contributed by atoms with E-state index >= 15 is 0 Å². The van der Waals surface area contributed by atoms with Crippen molar-refractivity contribution >= 4 is 0 Å². The highest BCUT2D eigenvalue weighted by atomic mass is 16.7. The molecule has 1 fully saturated rings. The number of ether oxygens (including phenoxy) is 2. The van der Waals surface area contributed by atoms with Crippen molar-refractivity contribution in [2.45, 2.75) is 103 Å². The summed E-state index contributed by atoms with van der Waals surface area (Å²) in [5, 5.41) is 0. The molecule has 0 spiro atoms. The number of hydrogen-bond donors (Lipinski definition) is 0. The smallest absolute Gasteiger partial charge is 0.168 e. The molecule has 0 radical (unpaired) electrons. The van der Waals surface area contributed by atoms with Crippen LogP contribution < -0.4 is 0 Å². The third-order valence-corrected chi connectivity index (χ3v) is 4.59. The molecule has 0 amide bonds. The zero-order valence-electron chi connectivity index (χ0n) is 15.1. The van der Waals surface area contributed by atoms with Crippen molar-refractivity contribution in [3.63, 3.8) is 0 Å². The van der Waals surface area contributed by atoms with Gasteiger partial charge in [-0.3, -0.25) is 0 Å². The summed E-state index contributed by atoms with van der Waals surface area (Å²) in [5.74, 6) is -0.251. The molecule has 0 atom stereocenters. The lowest BCUT2D eigenvalue weighted by molar-refractivity contribution is -0.253. The molecular formula is C20H38O2. The van der Waals surface area contributed by atoms with Gasteiger partial charge in [0.15, 0.2) is 5.79 Å². The van der Waals surface area contributed by atoms with E-state index in [1.165, 1.54) is 63.4 Å². The molecule has 1 rings (SSSR count). The second kappa shape index (κ2) is 12.1. The van der Waals surface area contributed by atoms with Gasteiger partial charge in [0, 0.05) is 12.8 Å². The molecular weight excluding hydrogens is 272 g/mol. The summed E-state index contributed by atoms with van der Waals surface area (Å²) in [6.45, 7) is 10.0. The van der Waals surface area contributed by atoms with Crippen LogP contribution in [0.5, 0.6) is 0 Å². The molecule has 0 aromatic rings. The lowest BCUT2D eigenvalue weighted by atomic mass is 9.94. The third kappa shape index (κ3) is 8.95. The van der Waals surface area contributed by atoms with E-state index in [9.17, 15) is 0 Å². The number of allylic oxidation sites excluding steroid dienone is 1. The van der Waals surface area contributed by atoms with Gasteiger partial charge in [-0.25, -0.2) is 0 Å². The fourth-order valence-electron chi connectivity index (χ4n) is 3.17. The van der Waals surface area contributed by atoms with Gasteiger partial charge in [0.25, 0.3) is 0 Å². The fourth-order valence-corrected chi connectivity index (χ4v) is 3.17. The molecule has 130 valence electrons. The molecule has 1 saturated carbocycles. The molecule has 0 unspecified atom stereocenters. The maximum Gasteiger partial charge on any atom is 0.168 e. The molecule has 0 N–H and O–H groups in total. The maximum absolute atomic E-state index is 6.24. The lowest BCUT2D eigenvalue weighted by Gasteiger charge is -2.37. The highest BCUT2D eigenvalue weighted by molar-refractivity contribution is 4.87. The number of rotatable bonds is 13. The molecule has 0 aromatic carbocycles. The quantitative estimate of drug-likeness (QED) is 0.223. The van der Waals surface area contributed by atoms with E-state index in [4.69, 9.17) is 9.47 Å². The van der Waals surface area contributed by atoms with Gasteiger partial charge >= 0.3 is 0 Å². The lowest BCUT2D eigenvalue weighted by Crippen LogP contribution is -2.38. The van der Waals surface area contributed by atoms with Crippen LogP contribution in [-0.4, -0.2) is 19.0 Å². The first-order valence-electron chi connectivity index (χ1n) is 9.61. The Labute approximate surface area is 138 Å². The van der Waals surface area contributed by atoms with Crippen molar-refractivity contribution in [2.75, 3.05) is 13.2 Å². The minimum Gasteiger partial charge on any atom is -0.350 e. The summed E-state index contributed by atoms with van der Waals surface area (Å²) in [5.41, 5.74) is 1.29. The van der Waals surface area contributed by atoms with Gasteiger partial charge in [0.05, 0.1) is 13.2 Å². The van der Waals surface area contributed by atoms with Crippen molar-refractivity contribution in [3.8, 4) is 0 Å². The molecule has 0 aliphatic heterocycles. The topological polar surface area (TPSA) is 18.5 Å². The van der Waals surface area contributed by atoms with Gasteiger partial charge in [-0.2, -0.15) is 0 Å². The van der Waals surface area contributed by atoms with Gasteiger partial charge in [0.1, 0.15) is 0 Å². The predicted molar refractivity (Wildman–Crippen MR) is 95.1 cm³/mol. The second-order valence-electron chi connectivity index (χ2n) is 7.00. The van der Waals surface area contributed by atoms with E-state index < -0.39 is 0 Å². The molecule has 0 bridgehead atoms. The Morgan fingerprint density at radius 2 is 1.45 bits per heavy atom. The summed E-state index contributed by atoms with van der Waals surface area (Å²) in [6, 6.07) is 0. The minimum atomic E-state index is -0.251. The molecule has 0 heterocycles. The van der Waals surface area contributed by atoms with Gasteiger partial charge in [-0.15, -0.1) is 6.58 Å². The van der Waals surface area contributed by atoms with E-state index in [1.807, 2.05) is 0 Å². The van der Waals surface area contributed by atoms with Crippen molar-refractivity contribution in [1.82, 2.24) is 0 Å². The normalized spacial score (nSPS) is 17.5. The monoisotopic (exact) mass is 310 g/mol. The summed E-state index contributed by atoms with van der Waals surface area (Å²) in [6.07, 6.45) is 15.9. The average molecular weight is 311 g/mol. The summed E-state index contributed by atoms with van der Waals surface area (Å²) in [4.78, 5) is 0. The Morgan fingerprint density at radius 3 is 2.00 bits per heavy atom. The molecule has 0 aromatic heterocycles. The van der Waals surface area contributed by atoms with Gasteiger partial charge in [0.2, 0.25) is 0 Å². The first-order chi connectivity index (χ1) is 10.7. The molecule has 1 aliphatic rings. The molecule has 0 saturated heterocycles. The Morgan fingerprint density at radius 1 is 0.864 bits per heavy atom. The van der Waals surface area contributed by atoms with Crippen LogP contribution >= 0.6 is 0 Å². The Hall–Kier alpha value is -0.340. The van der Waals surface area contributed by atoms with Crippen molar-refractivity contribution in [3.05, 3.63) is 12.2 Å². The SMILES string of the molecule is C=C(C)CCCCCOC1(OCCCCCC)CCCCC1. The summed E-state index contributed by atoms with van der Waals surface area (Å²) < 4.78 is 12.5. The second-order valence-corrected chi connectivity index (χ2v) is 7.00. The molecule has 22 heavy (non-hydrogen) atoms. The van der Waals surface area contributed by atoms with Crippen LogP contribution in [0, 0.1) is 0 Å². The van der Waals surface area contributed by atoms with E-state index in [1.54, 1.807) is 0 Å². The fraction of sp³-hybridized carbons (Fsp3) is 0.900. The van der Waals surface area contributed by atoms with Crippen LogP contribution in [-0.2, 0) is 9.47 Å². The predicted octanol–water partition coefficient (Wildman–Crippen LogP) is 6.40. The maximum atomic E-state index is 6.24. The first-order valence-corrected chi connectivity index (χ1v) is 9.61. The largest absolute Gasteiger partial charge is 0.350 e. The molecule has 1 aliphatic carbocycles. The Kier molecular flexibility index (Phi) is 10.9. The van der Waals surface area contributed by atoms with Gasteiger partial charge < -0.3 is 9.47 Å². The van der Waals surface area contributed by atoms with E-state index in [-0.39, 0.29) is 5.79 Å². The summed E-state index contributed by atoms with van der Waals surface area (Å²) in [7, 11) is 0. The van der Waals surface area contributed by atoms with Crippen molar-refractivity contribution in [1.29, 1.82) is 0 Å². The highest BCUT2D eigenvalue weighted by Gasteiger charge is 2.33. The van der Waals surface area contributed by atoms with E-state index in [0.29, 0.717) is 0 Å². The van der Waals surface area contributed by atoms with Crippen LogP contribution in [0.3, 0.4) is 0 Å². The van der Waals surface area contributed by atoms with Crippen LogP contribution in [0.4, 0.5) is 0 Å². The number of unbranched alkanes of at least 4 members (excludes halogenated alkanes) is 5. The Bertz CT molecular complexity index is 279. The third-order valence-electron chi connectivity index (χ3n) is 4.59. The number of hydrogen-bond acceptors (Lipinski definition) is 2. The van der Waals surface area contributed by atoms with Crippen LogP contribution in [0.15, 0.2) is 12.2 Å². The van der Waals surface area contributed by atoms with Crippen LogP contribution in [0.25, 0.3) is 0 Å². The van der Waals surface area contributed by atoms with Crippen molar-refractivity contribution < 1.29 is 9.47 Å². The van der Waals surface area contributed by atoms with Crippen molar-refractivity contribution in [2.24, 2.45) is 0 Å². The average Bonchev–Trinajstić information content (AvgIpc) is 2.51. The highest BCUT2D eigenvalue weighted by Crippen LogP contribution is 2.33. The zero-order chi connectivity index (χ0) is 16.1. The van der Waals surface area contributed by atoms with Crippen LogP contribution in [0.1, 0.15) is 97.3 Å².